The van der Waals surface area contributed by atoms with E-state index >= 15 is 0 Å². The molecule has 0 spiro atoms. The Morgan fingerprint density at radius 2 is 1.52 bits per heavy atom. The van der Waals surface area contributed by atoms with Gasteiger partial charge in [-0.3, -0.25) is 9.59 Å². The highest BCUT2D eigenvalue weighted by atomic mass is 16.5. The van der Waals surface area contributed by atoms with Crippen LogP contribution >= 0.6 is 0 Å². The molecule has 0 bridgehead atoms. The van der Waals surface area contributed by atoms with Crippen molar-refractivity contribution in [3.8, 4) is 11.1 Å². The summed E-state index contributed by atoms with van der Waals surface area (Å²) in [5, 5.41) is 12.0. The Hall–Kier alpha value is -4.17. The van der Waals surface area contributed by atoms with E-state index < -0.39 is 24.2 Å². The molecule has 5 rings (SSSR count). The highest BCUT2D eigenvalue weighted by Gasteiger charge is 2.39. The molecule has 2 atom stereocenters. The predicted octanol–water partition coefficient (Wildman–Crippen LogP) is 4.96. The SMILES string of the molecule is C[C@H](OCc1ccccc1)[C@@H](NC(=O)OCC1c2ccccc2-c2ccccc21)C(=O)N(CCC(=O)O)C1CC1. The number of benzene rings is 3. The van der Waals surface area contributed by atoms with Gasteiger partial charge in [0, 0.05) is 18.5 Å². The van der Waals surface area contributed by atoms with Crippen LogP contribution in [0.3, 0.4) is 0 Å². The van der Waals surface area contributed by atoms with E-state index in [0.717, 1.165) is 40.7 Å². The van der Waals surface area contributed by atoms with Gasteiger partial charge in [0.1, 0.15) is 12.6 Å². The number of rotatable bonds is 12. The van der Waals surface area contributed by atoms with Crippen LogP contribution in [0, 0.1) is 0 Å². The number of hydrogen-bond donors (Lipinski definition) is 2. The lowest BCUT2D eigenvalue weighted by Gasteiger charge is -2.31. The van der Waals surface area contributed by atoms with Crippen LogP contribution in [0.4, 0.5) is 4.79 Å². The first-order valence-electron chi connectivity index (χ1n) is 13.7. The molecule has 2 N–H and O–H groups in total. The first-order valence-corrected chi connectivity index (χ1v) is 13.7. The van der Waals surface area contributed by atoms with Crippen molar-refractivity contribution in [3.05, 3.63) is 95.6 Å². The largest absolute Gasteiger partial charge is 0.481 e. The van der Waals surface area contributed by atoms with E-state index in [4.69, 9.17) is 9.47 Å². The fourth-order valence-corrected chi connectivity index (χ4v) is 5.30. The second-order valence-electron chi connectivity index (χ2n) is 10.4. The predicted molar refractivity (Wildman–Crippen MR) is 150 cm³/mol. The van der Waals surface area contributed by atoms with Crippen molar-refractivity contribution in [1.82, 2.24) is 10.2 Å². The maximum atomic E-state index is 13.7. The van der Waals surface area contributed by atoms with Crippen LogP contribution in [0.15, 0.2) is 78.9 Å². The summed E-state index contributed by atoms with van der Waals surface area (Å²) < 4.78 is 11.7. The van der Waals surface area contributed by atoms with Crippen molar-refractivity contribution in [3.63, 3.8) is 0 Å². The van der Waals surface area contributed by atoms with Crippen LogP contribution in [-0.2, 0) is 25.7 Å². The molecule has 1 fully saturated rings. The zero-order valence-corrected chi connectivity index (χ0v) is 22.5. The van der Waals surface area contributed by atoms with Crippen LogP contribution in [0.1, 0.15) is 48.8 Å². The van der Waals surface area contributed by atoms with Crippen molar-refractivity contribution in [2.24, 2.45) is 0 Å². The van der Waals surface area contributed by atoms with E-state index in [1.165, 1.54) is 0 Å². The van der Waals surface area contributed by atoms with E-state index in [1.54, 1.807) is 11.8 Å². The van der Waals surface area contributed by atoms with Crippen LogP contribution in [0.25, 0.3) is 11.1 Å². The summed E-state index contributed by atoms with van der Waals surface area (Å²) in [6, 6.07) is 24.7. The number of aliphatic carboxylic acids is 1. The molecule has 1 saturated carbocycles. The first-order chi connectivity index (χ1) is 19.4. The van der Waals surface area contributed by atoms with Gasteiger partial charge >= 0.3 is 12.1 Å². The quantitative estimate of drug-likeness (QED) is 0.335. The Morgan fingerprint density at radius 1 is 0.925 bits per heavy atom. The molecule has 0 unspecified atom stereocenters. The zero-order chi connectivity index (χ0) is 28.1. The summed E-state index contributed by atoms with van der Waals surface area (Å²) in [7, 11) is 0. The number of fused-ring (bicyclic) bond motifs is 3. The Kier molecular flexibility index (Phi) is 8.45. The highest BCUT2D eigenvalue weighted by Crippen LogP contribution is 2.44. The molecule has 0 radical (unpaired) electrons. The van der Waals surface area contributed by atoms with Gasteiger partial charge in [-0.2, -0.15) is 0 Å². The number of hydrogen-bond acceptors (Lipinski definition) is 5. The van der Waals surface area contributed by atoms with E-state index in [0.29, 0.717) is 0 Å². The molecular weight excluding hydrogens is 508 g/mol. The summed E-state index contributed by atoms with van der Waals surface area (Å²) in [6.45, 7) is 2.19. The molecule has 8 heteroatoms. The Morgan fingerprint density at radius 3 is 2.12 bits per heavy atom. The molecule has 40 heavy (non-hydrogen) atoms. The third-order valence-electron chi connectivity index (χ3n) is 7.55. The fourth-order valence-electron chi connectivity index (χ4n) is 5.30. The standard InChI is InChI=1S/C32H34N2O6/c1-21(39-19-22-9-3-2-4-10-22)30(31(37)34(23-15-16-23)18-17-29(35)36)33-32(38)40-20-28-26-13-7-5-11-24(26)25-12-6-8-14-27(25)28/h2-14,21,23,28,30H,15-20H2,1H3,(H,33,38)(H,35,36)/t21-,30+/m0/s1. The number of amides is 2. The first kappa shape index (κ1) is 27.4. The number of carboxylic acids is 1. The van der Waals surface area contributed by atoms with Crippen molar-refractivity contribution < 1.29 is 29.0 Å². The summed E-state index contributed by atoms with van der Waals surface area (Å²) in [4.78, 5) is 39.6. The maximum Gasteiger partial charge on any atom is 0.407 e. The minimum absolute atomic E-state index is 0.0278. The van der Waals surface area contributed by atoms with Gasteiger partial charge in [-0.05, 0) is 47.6 Å². The lowest BCUT2D eigenvalue weighted by molar-refractivity contribution is -0.141. The maximum absolute atomic E-state index is 13.7. The summed E-state index contributed by atoms with van der Waals surface area (Å²) >= 11 is 0. The van der Waals surface area contributed by atoms with Gasteiger partial charge in [-0.25, -0.2) is 4.79 Å². The molecule has 8 nitrogen and oxygen atoms in total. The average molecular weight is 543 g/mol. The Labute approximate surface area is 233 Å². The topological polar surface area (TPSA) is 105 Å². The second kappa shape index (κ2) is 12.3. The third-order valence-corrected chi connectivity index (χ3v) is 7.55. The Balaban J connectivity index is 1.29. The second-order valence-corrected chi connectivity index (χ2v) is 10.4. The molecule has 2 aliphatic rings. The van der Waals surface area contributed by atoms with Gasteiger partial charge in [0.25, 0.3) is 0 Å². The summed E-state index contributed by atoms with van der Waals surface area (Å²) in [5.41, 5.74) is 5.38. The number of carbonyl (C=O) groups excluding carboxylic acids is 2. The molecular formula is C32H34N2O6. The number of carbonyl (C=O) groups is 3. The molecule has 3 aromatic rings. The van der Waals surface area contributed by atoms with Crippen LogP contribution < -0.4 is 5.32 Å². The molecule has 208 valence electrons. The highest BCUT2D eigenvalue weighted by molar-refractivity contribution is 5.87. The number of ether oxygens (including phenoxy) is 2. The third kappa shape index (κ3) is 6.34. The van der Waals surface area contributed by atoms with E-state index in [1.807, 2.05) is 66.7 Å². The fraction of sp³-hybridized carbons (Fsp3) is 0.344. The average Bonchev–Trinajstić information content (AvgIpc) is 3.76. The van der Waals surface area contributed by atoms with E-state index in [9.17, 15) is 19.5 Å². The number of nitrogens with one attached hydrogen (secondary N) is 1. The normalized spacial score (nSPS) is 15.4. The van der Waals surface area contributed by atoms with E-state index in [2.05, 4.69) is 17.4 Å². The van der Waals surface area contributed by atoms with Crippen LogP contribution in [0.2, 0.25) is 0 Å². The summed E-state index contributed by atoms with van der Waals surface area (Å²) in [6.07, 6.45) is 0.0487. The van der Waals surface area contributed by atoms with Crippen LogP contribution in [0.5, 0.6) is 0 Å². The van der Waals surface area contributed by atoms with Crippen molar-refractivity contribution in [2.75, 3.05) is 13.2 Å². The van der Waals surface area contributed by atoms with Gasteiger partial charge in [-0.15, -0.1) is 0 Å². The number of alkyl carbamates (subject to hydrolysis) is 1. The molecule has 3 aromatic carbocycles. The molecule has 2 aliphatic carbocycles. The molecule has 0 aliphatic heterocycles. The van der Waals surface area contributed by atoms with Crippen molar-refractivity contribution in [2.45, 2.75) is 56.9 Å². The van der Waals surface area contributed by atoms with Gasteiger partial charge < -0.3 is 24.8 Å². The monoisotopic (exact) mass is 542 g/mol. The van der Waals surface area contributed by atoms with Gasteiger partial charge in [0.2, 0.25) is 5.91 Å². The lowest BCUT2D eigenvalue weighted by atomic mass is 9.98. The molecule has 0 heterocycles. The lowest BCUT2D eigenvalue weighted by Crippen LogP contribution is -2.55. The smallest absolute Gasteiger partial charge is 0.407 e. The van der Waals surface area contributed by atoms with Gasteiger partial charge in [0.15, 0.2) is 0 Å². The zero-order valence-electron chi connectivity index (χ0n) is 22.5. The van der Waals surface area contributed by atoms with Crippen molar-refractivity contribution >= 4 is 18.0 Å². The van der Waals surface area contributed by atoms with E-state index in [-0.39, 0.29) is 44.0 Å². The minimum atomic E-state index is -1.03. The molecule has 0 saturated heterocycles. The Bertz CT molecular complexity index is 1310. The number of nitrogens with zero attached hydrogens (tertiary/aromatic N) is 1. The van der Waals surface area contributed by atoms with Crippen LogP contribution in [-0.4, -0.2) is 59.3 Å². The van der Waals surface area contributed by atoms with Gasteiger partial charge in [0.05, 0.1) is 19.1 Å². The minimum Gasteiger partial charge on any atom is -0.481 e. The molecule has 0 aromatic heterocycles. The van der Waals surface area contributed by atoms with Crippen molar-refractivity contribution in [1.29, 1.82) is 0 Å². The molecule has 2 amide bonds. The number of carboxylic acid groups (broad SMARTS) is 1. The van der Waals surface area contributed by atoms with Gasteiger partial charge in [-0.1, -0.05) is 78.9 Å². The summed E-state index contributed by atoms with van der Waals surface area (Å²) in [5.74, 6) is -1.46.